The van der Waals surface area contributed by atoms with Gasteiger partial charge in [0, 0.05) is 24.5 Å². The first-order chi connectivity index (χ1) is 10.1. The Balaban J connectivity index is 1.28. The molecule has 2 amide bonds. The smallest absolute Gasteiger partial charge is 0.317 e. The second-order valence-electron chi connectivity index (χ2n) is 8.76. The Kier molecular flexibility index (Phi) is 2.52. The summed E-state index contributed by atoms with van der Waals surface area (Å²) in [5, 5.41) is 13.2. The number of aliphatic hydroxyl groups excluding tert-OH is 1. The number of carbonyl (C=O) groups excluding carboxylic acids is 1. The SMILES string of the molecule is O=C(NC12CC3CC(CC(C3)C1)C2)N1C[C@H]2C[C@H](O)[C@H]2C1. The summed E-state index contributed by atoms with van der Waals surface area (Å²) < 4.78 is 0. The minimum Gasteiger partial charge on any atom is -0.393 e. The van der Waals surface area contributed by atoms with E-state index in [1.54, 1.807) is 0 Å². The Labute approximate surface area is 126 Å². The fourth-order valence-electron chi connectivity index (χ4n) is 6.61. The van der Waals surface area contributed by atoms with E-state index >= 15 is 0 Å². The zero-order chi connectivity index (χ0) is 14.2. The highest BCUT2D eigenvalue weighted by molar-refractivity contribution is 5.75. The third-order valence-corrected chi connectivity index (χ3v) is 7.23. The van der Waals surface area contributed by atoms with E-state index in [9.17, 15) is 9.90 Å². The van der Waals surface area contributed by atoms with Gasteiger partial charge in [0.25, 0.3) is 0 Å². The van der Waals surface area contributed by atoms with E-state index in [-0.39, 0.29) is 17.7 Å². The van der Waals surface area contributed by atoms with Gasteiger partial charge in [-0.2, -0.15) is 0 Å². The van der Waals surface area contributed by atoms with Gasteiger partial charge in [0.15, 0.2) is 0 Å². The van der Waals surface area contributed by atoms with Crippen molar-refractivity contribution in [2.75, 3.05) is 13.1 Å². The number of aliphatic hydroxyl groups is 1. The van der Waals surface area contributed by atoms with Gasteiger partial charge < -0.3 is 15.3 Å². The predicted octanol–water partition coefficient (Wildman–Crippen LogP) is 1.98. The standard InChI is InChI=1S/C17H26N2O2/c20-15-4-13-8-19(9-14(13)15)16(21)18-17-5-10-1-11(6-17)3-12(2-10)7-17/h10-15,20H,1-9H2,(H,18,21)/t10?,11?,12?,13-,14+,15+,17?/m1/s1. The molecule has 21 heavy (non-hydrogen) atoms. The molecule has 0 aromatic carbocycles. The fraction of sp³-hybridized carbons (Fsp3) is 0.941. The van der Waals surface area contributed by atoms with Crippen LogP contribution in [0.1, 0.15) is 44.9 Å². The maximum atomic E-state index is 12.7. The summed E-state index contributed by atoms with van der Waals surface area (Å²) in [6, 6.07) is 0.151. The van der Waals surface area contributed by atoms with Crippen molar-refractivity contribution in [3.05, 3.63) is 0 Å². The van der Waals surface area contributed by atoms with Crippen molar-refractivity contribution in [2.24, 2.45) is 29.6 Å². The van der Waals surface area contributed by atoms with Crippen LogP contribution in [-0.2, 0) is 0 Å². The molecule has 6 rings (SSSR count). The average Bonchev–Trinajstić information content (AvgIpc) is 2.74. The van der Waals surface area contributed by atoms with Gasteiger partial charge in [-0.15, -0.1) is 0 Å². The van der Waals surface area contributed by atoms with Crippen molar-refractivity contribution in [2.45, 2.75) is 56.6 Å². The van der Waals surface area contributed by atoms with Crippen molar-refractivity contribution < 1.29 is 9.90 Å². The summed E-state index contributed by atoms with van der Waals surface area (Å²) in [5.41, 5.74) is 0.117. The lowest BCUT2D eigenvalue weighted by Crippen LogP contribution is -2.61. The maximum Gasteiger partial charge on any atom is 0.317 e. The van der Waals surface area contributed by atoms with Crippen LogP contribution in [0.5, 0.6) is 0 Å². The van der Waals surface area contributed by atoms with E-state index in [0.29, 0.717) is 11.8 Å². The molecule has 0 radical (unpaired) electrons. The van der Waals surface area contributed by atoms with Crippen LogP contribution in [0.25, 0.3) is 0 Å². The molecule has 6 fully saturated rings. The number of hydrogen-bond donors (Lipinski definition) is 2. The molecule has 0 unspecified atom stereocenters. The van der Waals surface area contributed by atoms with Crippen molar-refractivity contribution >= 4 is 6.03 Å². The zero-order valence-corrected chi connectivity index (χ0v) is 12.6. The number of nitrogens with zero attached hydrogens (tertiary/aromatic N) is 1. The Morgan fingerprint density at radius 2 is 1.62 bits per heavy atom. The first kappa shape index (κ1) is 12.7. The number of carbonyl (C=O) groups is 1. The highest BCUT2D eigenvalue weighted by Crippen LogP contribution is 2.55. The molecule has 0 aromatic rings. The number of nitrogens with one attached hydrogen (secondary N) is 1. The quantitative estimate of drug-likeness (QED) is 0.776. The highest BCUT2D eigenvalue weighted by Gasteiger charge is 2.53. The minimum atomic E-state index is -0.160. The Hall–Kier alpha value is -0.770. The number of urea groups is 1. The second kappa shape index (κ2) is 4.15. The summed E-state index contributed by atoms with van der Waals surface area (Å²) in [6.45, 7) is 1.63. The van der Waals surface area contributed by atoms with Crippen LogP contribution in [0.15, 0.2) is 0 Å². The number of hydrogen-bond acceptors (Lipinski definition) is 2. The van der Waals surface area contributed by atoms with Gasteiger partial charge in [-0.3, -0.25) is 0 Å². The second-order valence-corrected chi connectivity index (χ2v) is 8.76. The van der Waals surface area contributed by atoms with Crippen LogP contribution in [0.2, 0.25) is 0 Å². The highest BCUT2D eigenvalue weighted by atomic mass is 16.3. The van der Waals surface area contributed by atoms with Crippen LogP contribution in [0.3, 0.4) is 0 Å². The fourth-order valence-corrected chi connectivity index (χ4v) is 6.61. The number of likely N-dealkylation sites (tertiary alicyclic amines) is 1. The summed E-state index contributed by atoms with van der Waals surface area (Å²) in [5.74, 6) is 3.52. The van der Waals surface area contributed by atoms with Crippen molar-refractivity contribution in [1.82, 2.24) is 10.2 Å². The minimum absolute atomic E-state index is 0.117. The molecular formula is C17H26N2O2. The van der Waals surface area contributed by atoms with Crippen LogP contribution in [0.4, 0.5) is 4.79 Å². The van der Waals surface area contributed by atoms with E-state index in [1.807, 2.05) is 4.90 Å². The number of rotatable bonds is 1. The lowest BCUT2D eigenvalue weighted by Gasteiger charge is -2.57. The van der Waals surface area contributed by atoms with E-state index in [4.69, 9.17) is 0 Å². The van der Waals surface area contributed by atoms with Crippen molar-refractivity contribution in [3.8, 4) is 0 Å². The Morgan fingerprint density at radius 1 is 1.00 bits per heavy atom. The van der Waals surface area contributed by atoms with E-state index in [2.05, 4.69) is 5.32 Å². The van der Waals surface area contributed by atoms with Crippen molar-refractivity contribution in [3.63, 3.8) is 0 Å². The normalized spacial score (nSPS) is 53.5. The lowest BCUT2D eigenvalue weighted by molar-refractivity contribution is -0.0154. The molecule has 116 valence electrons. The molecule has 1 saturated heterocycles. The lowest BCUT2D eigenvalue weighted by atomic mass is 9.53. The van der Waals surface area contributed by atoms with E-state index in [0.717, 1.165) is 37.3 Å². The first-order valence-corrected chi connectivity index (χ1v) is 8.85. The third-order valence-electron chi connectivity index (χ3n) is 7.23. The number of amides is 2. The molecule has 4 nitrogen and oxygen atoms in total. The van der Waals surface area contributed by atoms with Gasteiger partial charge >= 0.3 is 6.03 Å². The van der Waals surface area contributed by atoms with Crippen LogP contribution in [-0.4, -0.2) is 40.8 Å². The van der Waals surface area contributed by atoms with Gasteiger partial charge in [-0.05, 0) is 68.6 Å². The molecule has 0 aromatic heterocycles. The van der Waals surface area contributed by atoms with Crippen LogP contribution < -0.4 is 5.32 Å². The molecule has 4 heteroatoms. The molecule has 3 atom stereocenters. The average molecular weight is 290 g/mol. The summed E-state index contributed by atoms with van der Waals surface area (Å²) in [6.07, 6.45) is 8.62. The van der Waals surface area contributed by atoms with Gasteiger partial charge in [-0.1, -0.05) is 0 Å². The van der Waals surface area contributed by atoms with Gasteiger partial charge in [0.1, 0.15) is 0 Å². The summed E-state index contributed by atoms with van der Waals surface area (Å²) in [7, 11) is 0. The molecule has 5 aliphatic carbocycles. The summed E-state index contributed by atoms with van der Waals surface area (Å²) >= 11 is 0. The third kappa shape index (κ3) is 1.87. The monoisotopic (exact) mass is 290 g/mol. The Morgan fingerprint density at radius 3 is 2.14 bits per heavy atom. The van der Waals surface area contributed by atoms with Crippen LogP contribution >= 0.6 is 0 Å². The molecule has 6 aliphatic rings. The topological polar surface area (TPSA) is 52.6 Å². The van der Waals surface area contributed by atoms with Gasteiger partial charge in [-0.25, -0.2) is 4.79 Å². The molecule has 1 aliphatic heterocycles. The van der Waals surface area contributed by atoms with E-state index in [1.165, 1.54) is 38.5 Å². The van der Waals surface area contributed by atoms with Crippen molar-refractivity contribution in [1.29, 1.82) is 0 Å². The zero-order valence-electron chi connectivity index (χ0n) is 12.6. The summed E-state index contributed by atoms with van der Waals surface area (Å²) in [4.78, 5) is 14.7. The Bertz CT molecular complexity index is 442. The van der Waals surface area contributed by atoms with E-state index < -0.39 is 0 Å². The molecule has 1 heterocycles. The molecule has 0 spiro atoms. The molecular weight excluding hydrogens is 264 g/mol. The van der Waals surface area contributed by atoms with Gasteiger partial charge in [0.05, 0.1) is 6.10 Å². The number of fused-ring (bicyclic) bond motifs is 1. The van der Waals surface area contributed by atoms with Gasteiger partial charge in [0.2, 0.25) is 0 Å². The predicted molar refractivity (Wildman–Crippen MR) is 78.6 cm³/mol. The molecule has 2 N–H and O–H groups in total. The maximum absolute atomic E-state index is 12.7. The molecule has 4 bridgehead atoms. The molecule has 5 saturated carbocycles. The van der Waals surface area contributed by atoms with Crippen LogP contribution in [0, 0.1) is 29.6 Å². The largest absolute Gasteiger partial charge is 0.393 e. The first-order valence-electron chi connectivity index (χ1n) is 8.85.